The summed E-state index contributed by atoms with van der Waals surface area (Å²) in [7, 11) is 0. The Morgan fingerprint density at radius 1 is 1.40 bits per heavy atom. The highest BCUT2D eigenvalue weighted by atomic mass is 16.5. The van der Waals surface area contributed by atoms with Crippen LogP contribution in [0.1, 0.15) is 6.42 Å². The van der Waals surface area contributed by atoms with Crippen LogP contribution in [-0.4, -0.2) is 22.7 Å². The third-order valence-electron chi connectivity index (χ3n) is 2.11. The molecule has 0 saturated heterocycles. The van der Waals surface area contributed by atoms with Gasteiger partial charge >= 0.3 is 5.97 Å². The highest BCUT2D eigenvalue weighted by Crippen LogP contribution is 2.19. The summed E-state index contributed by atoms with van der Waals surface area (Å²) in [5.41, 5.74) is 1.04. The van der Waals surface area contributed by atoms with Crippen molar-refractivity contribution in [2.45, 2.75) is 6.42 Å². The zero-order valence-corrected chi connectivity index (χ0v) is 8.06. The molecule has 15 heavy (non-hydrogen) atoms. The number of ether oxygens (including phenoxy) is 1. The van der Waals surface area contributed by atoms with Crippen LogP contribution in [0.5, 0.6) is 5.75 Å². The highest BCUT2D eigenvalue weighted by Gasteiger charge is 2.00. The van der Waals surface area contributed by atoms with Gasteiger partial charge in [-0.1, -0.05) is 0 Å². The summed E-state index contributed by atoms with van der Waals surface area (Å²) < 4.78 is 5.30. The number of carboxylic acid groups (broad SMARTS) is 1. The number of carbonyl (C=O) groups is 1. The van der Waals surface area contributed by atoms with Gasteiger partial charge in [-0.05, 0) is 24.3 Å². The van der Waals surface area contributed by atoms with Crippen molar-refractivity contribution in [2.75, 3.05) is 6.61 Å². The minimum absolute atomic E-state index is 0.0190. The van der Waals surface area contributed by atoms with Crippen molar-refractivity contribution in [2.24, 2.45) is 0 Å². The van der Waals surface area contributed by atoms with Crippen LogP contribution < -0.4 is 4.74 Å². The van der Waals surface area contributed by atoms with Gasteiger partial charge in [0.05, 0.1) is 13.0 Å². The molecule has 0 fully saturated rings. The van der Waals surface area contributed by atoms with E-state index >= 15 is 0 Å². The van der Waals surface area contributed by atoms with E-state index in [0.29, 0.717) is 5.75 Å². The van der Waals surface area contributed by atoms with E-state index in [-0.39, 0.29) is 13.0 Å². The minimum atomic E-state index is -0.849. The van der Waals surface area contributed by atoms with Crippen molar-refractivity contribution in [1.82, 2.24) is 4.98 Å². The molecule has 1 heterocycles. The Labute approximate surface area is 86.5 Å². The molecule has 4 nitrogen and oxygen atoms in total. The fourth-order valence-corrected chi connectivity index (χ4v) is 1.38. The molecule has 0 atom stereocenters. The average molecular weight is 205 g/mol. The minimum Gasteiger partial charge on any atom is -0.493 e. The summed E-state index contributed by atoms with van der Waals surface area (Å²) in [6.45, 7) is 0.200. The molecule has 0 aliphatic rings. The first-order valence-electron chi connectivity index (χ1n) is 4.67. The van der Waals surface area contributed by atoms with Crippen molar-refractivity contribution in [3.8, 4) is 5.75 Å². The molecule has 0 aliphatic carbocycles. The van der Waals surface area contributed by atoms with Crippen molar-refractivity contribution in [3.05, 3.63) is 30.5 Å². The van der Waals surface area contributed by atoms with Gasteiger partial charge in [0.15, 0.2) is 0 Å². The topological polar surface area (TPSA) is 62.3 Å². The number of aromatic amines is 1. The van der Waals surface area contributed by atoms with Gasteiger partial charge in [-0.25, -0.2) is 0 Å². The predicted octanol–water partition coefficient (Wildman–Crippen LogP) is 2.02. The SMILES string of the molecule is O=C(O)CCOc1ccc2[nH]ccc2c1. The summed E-state index contributed by atoms with van der Waals surface area (Å²) in [5, 5.41) is 9.50. The summed E-state index contributed by atoms with van der Waals surface area (Å²) in [6.07, 6.45) is 1.87. The first kappa shape index (κ1) is 9.58. The lowest BCUT2D eigenvalue weighted by molar-refractivity contribution is -0.137. The van der Waals surface area contributed by atoms with Crippen LogP contribution in [-0.2, 0) is 4.79 Å². The zero-order chi connectivity index (χ0) is 10.7. The summed E-state index contributed by atoms with van der Waals surface area (Å²) in [5.74, 6) is -0.152. The molecule has 0 bridgehead atoms. The molecule has 1 aromatic heterocycles. The number of H-pyrrole nitrogens is 1. The van der Waals surface area contributed by atoms with Gasteiger partial charge in [-0.2, -0.15) is 0 Å². The van der Waals surface area contributed by atoms with Crippen LogP contribution in [0.2, 0.25) is 0 Å². The molecule has 0 unspecified atom stereocenters. The molecular weight excluding hydrogens is 194 g/mol. The van der Waals surface area contributed by atoms with Gasteiger partial charge in [0.25, 0.3) is 0 Å². The second-order valence-corrected chi connectivity index (χ2v) is 3.22. The van der Waals surface area contributed by atoms with Gasteiger partial charge in [0, 0.05) is 17.1 Å². The normalized spacial score (nSPS) is 10.4. The molecule has 2 rings (SSSR count). The third kappa shape index (κ3) is 2.28. The van der Waals surface area contributed by atoms with Crippen LogP contribution in [0.3, 0.4) is 0 Å². The number of hydrogen-bond donors (Lipinski definition) is 2. The smallest absolute Gasteiger partial charge is 0.306 e. The molecule has 78 valence electrons. The van der Waals surface area contributed by atoms with Gasteiger partial charge in [0.2, 0.25) is 0 Å². The Balaban J connectivity index is 2.04. The standard InChI is InChI=1S/C11H11NO3/c13-11(14)4-6-15-9-1-2-10-8(7-9)3-5-12-10/h1-3,5,7,12H,4,6H2,(H,13,14). The average Bonchev–Trinajstić information content (AvgIpc) is 2.64. The monoisotopic (exact) mass is 205 g/mol. The maximum Gasteiger partial charge on any atom is 0.306 e. The first-order valence-corrected chi connectivity index (χ1v) is 4.67. The van der Waals surface area contributed by atoms with Crippen LogP contribution >= 0.6 is 0 Å². The number of nitrogens with one attached hydrogen (secondary N) is 1. The van der Waals surface area contributed by atoms with Gasteiger partial charge in [-0.3, -0.25) is 4.79 Å². The Morgan fingerprint density at radius 2 is 2.27 bits per heavy atom. The molecule has 0 amide bonds. The van der Waals surface area contributed by atoms with Crippen LogP contribution in [0.4, 0.5) is 0 Å². The highest BCUT2D eigenvalue weighted by molar-refractivity contribution is 5.80. The molecule has 1 aromatic carbocycles. The van der Waals surface area contributed by atoms with E-state index < -0.39 is 5.97 Å². The number of benzene rings is 1. The molecule has 2 N–H and O–H groups in total. The van der Waals surface area contributed by atoms with Gasteiger partial charge < -0.3 is 14.8 Å². The predicted molar refractivity (Wildman–Crippen MR) is 56.0 cm³/mol. The molecule has 0 spiro atoms. The Kier molecular flexibility index (Phi) is 2.58. The van der Waals surface area contributed by atoms with E-state index in [2.05, 4.69) is 4.98 Å². The number of fused-ring (bicyclic) bond motifs is 1. The van der Waals surface area contributed by atoms with Crippen molar-refractivity contribution in [3.63, 3.8) is 0 Å². The number of hydrogen-bond acceptors (Lipinski definition) is 2. The molecular formula is C11H11NO3. The summed E-state index contributed by atoms with van der Waals surface area (Å²) in [6, 6.07) is 7.55. The molecule has 0 aliphatic heterocycles. The third-order valence-corrected chi connectivity index (χ3v) is 2.11. The van der Waals surface area contributed by atoms with Crippen molar-refractivity contribution in [1.29, 1.82) is 0 Å². The number of aromatic nitrogens is 1. The first-order chi connectivity index (χ1) is 7.25. The molecule has 4 heteroatoms. The summed E-state index contributed by atoms with van der Waals surface area (Å²) >= 11 is 0. The fourth-order valence-electron chi connectivity index (χ4n) is 1.38. The van der Waals surface area contributed by atoms with E-state index in [1.165, 1.54) is 0 Å². The summed E-state index contributed by atoms with van der Waals surface area (Å²) in [4.78, 5) is 13.3. The van der Waals surface area contributed by atoms with Crippen molar-refractivity contribution >= 4 is 16.9 Å². The Bertz CT molecular complexity index is 475. The van der Waals surface area contributed by atoms with Gasteiger partial charge in [-0.15, -0.1) is 0 Å². The van der Waals surface area contributed by atoms with Crippen LogP contribution in [0.15, 0.2) is 30.5 Å². The van der Waals surface area contributed by atoms with Gasteiger partial charge in [0.1, 0.15) is 5.75 Å². The maximum absolute atomic E-state index is 10.3. The van der Waals surface area contributed by atoms with Crippen molar-refractivity contribution < 1.29 is 14.6 Å². The number of rotatable bonds is 4. The largest absolute Gasteiger partial charge is 0.493 e. The van der Waals surface area contributed by atoms with E-state index in [9.17, 15) is 4.79 Å². The lowest BCUT2D eigenvalue weighted by Gasteiger charge is -2.03. The molecule has 0 saturated carbocycles. The zero-order valence-electron chi connectivity index (χ0n) is 8.06. The van der Waals surface area contributed by atoms with E-state index in [1.807, 2.05) is 30.5 Å². The number of aliphatic carboxylic acids is 1. The molecule has 0 radical (unpaired) electrons. The maximum atomic E-state index is 10.3. The van der Waals surface area contributed by atoms with Crippen LogP contribution in [0.25, 0.3) is 10.9 Å². The van der Waals surface area contributed by atoms with Crippen LogP contribution in [0, 0.1) is 0 Å². The second-order valence-electron chi connectivity index (χ2n) is 3.22. The lowest BCUT2D eigenvalue weighted by Crippen LogP contribution is -2.04. The quantitative estimate of drug-likeness (QED) is 0.802. The number of carboxylic acids is 1. The second kappa shape index (κ2) is 4.04. The fraction of sp³-hybridized carbons (Fsp3) is 0.182. The Hall–Kier alpha value is -1.97. The van der Waals surface area contributed by atoms with E-state index in [4.69, 9.17) is 9.84 Å². The molecule has 2 aromatic rings. The van der Waals surface area contributed by atoms with E-state index in [0.717, 1.165) is 10.9 Å². The van der Waals surface area contributed by atoms with E-state index in [1.54, 1.807) is 0 Å². The Morgan fingerprint density at radius 3 is 3.07 bits per heavy atom. The lowest BCUT2D eigenvalue weighted by atomic mass is 10.2.